The lowest BCUT2D eigenvalue weighted by atomic mass is 10.1. The molecule has 0 aromatic carbocycles. The first-order chi connectivity index (χ1) is 17.0. The first-order valence-corrected chi connectivity index (χ1v) is 11.0. The standard InChI is InChI=1S/C26H26N8O/c1-5-8-19(11-14-34(7-3)24(35)6-2)30-25-20-15-23(31-26(20)29-17-28-25)18-9-10-21(27-16-18)22-12-13-33(4)32-22/h6-17H,2-3,5H2,1,4H3,(H2,28,29,30,31)/b14-11+,19-8+. The van der Waals surface area contributed by atoms with Gasteiger partial charge in [0.25, 0.3) is 5.91 Å². The normalized spacial score (nSPS) is 11.7. The van der Waals surface area contributed by atoms with Gasteiger partial charge in [-0.25, -0.2) is 9.97 Å². The van der Waals surface area contributed by atoms with Gasteiger partial charge in [0.15, 0.2) is 0 Å². The van der Waals surface area contributed by atoms with Crippen LogP contribution in [-0.2, 0) is 11.8 Å². The second kappa shape index (κ2) is 10.4. The van der Waals surface area contributed by atoms with E-state index in [-0.39, 0.29) is 5.91 Å². The van der Waals surface area contributed by atoms with Gasteiger partial charge < -0.3 is 10.3 Å². The summed E-state index contributed by atoms with van der Waals surface area (Å²) in [6.45, 7) is 9.21. The quantitative estimate of drug-likeness (QED) is 0.271. The highest BCUT2D eigenvalue weighted by atomic mass is 16.2. The SMILES string of the molecule is C=CC(=O)N(C=C)/C=C/C(=C\CC)Nc1ncnc2[nH]c(-c3ccc(-c4ccn(C)n4)nc3)cc12. The van der Waals surface area contributed by atoms with Gasteiger partial charge in [-0.3, -0.25) is 19.4 Å². The molecule has 0 radical (unpaired) electrons. The smallest absolute Gasteiger partial charge is 0.253 e. The fourth-order valence-corrected chi connectivity index (χ4v) is 3.46. The number of allylic oxidation sites excluding steroid dienone is 2. The molecule has 35 heavy (non-hydrogen) atoms. The van der Waals surface area contributed by atoms with E-state index in [1.807, 2.05) is 50.5 Å². The van der Waals surface area contributed by atoms with E-state index in [0.29, 0.717) is 11.5 Å². The summed E-state index contributed by atoms with van der Waals surface area (Å²) in [4.78, 5) is 30.0. The molecule has 0 saturated heterocycles. The van der Waals surface area contributed by atoms with Gasteiger partial charge in [0, 0.05) is 48.8 Å². The molecule has 9 nitrogen and oxygen atoms in total. The topological polar surface area (TPSA) is 105 Å². The zero-order valence-electron chi connectivity index (χ0n) is 19.6. The first-order valence-electron chi connectivity index (χ1n) is 11.0. The summed E-state index contributed by atoms with van der Waals surface area (Å²) in [7, 11) is 1.88. The molecule has 4 aromatic heterocycles. The van der Waals surface area contributed by atoms with Crippen LogP contribution in [0.2, 0.25) is 0 Å². The maximum Gasteiger partial charge on any atom is 0.253 e. The summed E-state index contributed by atoms with van der Waals surface area (Å²) in [5.74, 6) is 0.370. The molecule has 176 valence electrons. The van der Waals surface area contributed by atoms with Gasteiger partial charge in [0.2, 0.25) is 0 Å². The Kier molecular flexibility index (Phi) is 6.96. The molecule has 0 bridgehead atoms. The van der Waals surface area contributed by atoms with Gasteiger partial charge >= 0.3 is 0 Å². The minimum Gasteiger partial charge on any atom is -0.340 e. The predicted molar refractivity (Wildman–Crippen MR) is 138 cm³/mol. The van der Waals surface area contributed by atoms with Crippen LogP contribution in [0.1, 0.15) is 13.3 Å². The van der Waals surface area contributed by atoms with Crippen LogP contribution in [0, 0.1) is 0 Å². The van der Waals surface area contributed by atoms with Crippen LogP contribution >= 0.6 is 0 Å². The van der Waals surface area contributed by atoms with E-state index in [1.165, 1.54) is 23.5 Å². The number of aromatic amines is 1. The number of carbonyl (C=O) groups excluding carboxylic acids is 1. The lowest BCUT2D eigenvalue weighted by molar-refractivity contribution is -0.121. The number of hydrogen-bond acceptors (Lipinski definition) is 6. The Morgan fingerprint density at radius 3 is 2.71 bits per heavy atom. The minimum absolute atomic E-state index is 0.269. The molecule has 4 heterocycles. The Balaban J connectivity index is 1.60. The lowest BCUT2D eigenvalue weighted by Gasteiger charge is -2.11. The predicted octanol–water partition coefficient (Wildman–Crippen LogP) is 4.80. The van der Waals surface area contributed by atoms with Crippen LogP contribution in [0.5, 0.6) is 0 Å². The van der Waals surface area contributed by atoms with Crippen LogP contribution in [0.3, 0.4) is 0 Å². The fraction of sp³-hybridized carbons (Fsp3) is 0.115. The monoisotopic (exact) mass is 466 g/mol. The van der Waals surface area contributed by atoms with E-state index in [2.05, 4.69) is 43.5 Å². The third-order valence-corrected chi connectivity index (χ3v) is 5.20. The molecule has 4 rings (SSSR count). The molecule has 0 aliphatic heterocycles. The lowest BCUT2D eigenvalue weighted by Crippen LogP contribution is -2.16. The van der Waals surface area contributed by atoms with E-state index in [4.69, 9.17) is 0 Å². The molecular weight excluding hydrogens is 440 g/mol. The van der Waals surface area contributed by atoms with Crippen molar-refractivity contribution in [1.82, 2.24) is 34.6 Å². The summed E-state index contributed by atoms with van der Waals surface area (Å²) in [6, 6.07) is 7.85. The summed E-state index contributed by atoms with van der Waals surface area (Å²) in [6.07, 6.45) is 14.1. The number of pyridine rings is 1. The molecule has 0 unspecified atom stereocenters. The van der Waals surface area contributed by atoms with Crippen molar-refractivity contribution in [2.24, 2.45) is 7.05 Å². The van der Waals surface area contributed by atoms with Crippen LogP contribution in [-0.4, -0.2) is 40.5 Å². The van der Waals surface area contributed by atoms with E-state index in [1.54, 1.807) is 23.2 Å². The number of nitrogens with zero attached hydrogens (tertiary/aromatic N) is 6. The molecule has 0 atom stereocenters. The van der Waals surface area contributed by atoms with Crippen molar-refractivity contribution in [1.29, 1.82) is 0 Å². The molecule has 4 aromatic rings. The van der Waals surface area contributed by atoms with Crippen LogP contribution in [0.25, 0.3) is 33.7 Å². The van der Waals surface area contributed by atoms with E-state index < -0.39 is 0 Å². The van der Waals surface area contributed by atoms with E-state index in [9.17, 15) is 4.79 Å². The summed E-state index contributed by atoms with van der Waals surface area (Å²) in [5.41, 5.74) is 4.89. The number of carbonyl (C=O) groups is 1. The maximum absolute atomic E-state index is 11.9. The van der Waals surface area contributed by atoms with Gasteiger partial charge in [-0.2, -0.15) is 5.10 Å². The Morgan fingerprint density at radius 2 is 2.06 bits per heavy atom. The summed E-state index contributed by atoms with van der Waals surface area (Å²) in [5, 5.41) is 8.56. The Morgan fingerprint density at radius 1 is 1.20 bits per heavy atom. The largest absolute Gasteiger partial charge is 0.340 e. The number of aryl methyl sites for hydroxylation is 1. The van der Waals surface area contributed by atoms with E-state index >= 15 is 0 Å². The fourth-order valence-electron chi connectivity index (χ4n) is 3.46. The number of rotatable bonds is 9. The van der Waals surface area contributed by atoms with Gasteiger partial charge in [0.05, 0.1) is 11.1 Å². The zero-order valence-corrected chi connectivity index (χ0v) is 19.6. The van der Waals surface area contributed by atoms with Crippen molar-refractivity contribution in [3.05, 3.63) is 92.5 Å². The average Bonchev–Trinajstić information content (AvgIpc) is 3.51. The minimum atomic E-state index is -0.269. The molecule has 9 heteroatoms. The molecule has 2 N–H and O–H groups in total. The van der Waals surface area contributed by atoms with Gasteiger partial charge in [-0.05, 0) is 42.8 Å². The van der Waals surface area contributed by atoms with E-state index in [0.717, 1.165) is 40.1 Å². The van der Waals surface area contributed by atoms with Crippen LogP contribution < -0.4 is 5.32 Å². The Labute approximate surface area is 203 Å². The van der Waals surface area contributed by atoms with Crippen LogP contribution in [0.4, 0.5) is 5.82 Å². The number of anilines is 1. The second-order valence-electron chi connectivity index (χ2n) is 7.61. The van der Waals surface area contributed by atoms with Crippen molar-refractivity contribution < 1.29 is 4.79 Å². The van der Waals surface area contributed by atoms with Gasteiger partial charge in [-0.15, -0.1) is 0 Å². The third kappa shape index (κ3) is 5.25. The number of amides is 1. The molecule has 1 amide bonds. The number of nitrogens with one attached hydrogen (secondary N) is 2. The second-order valence-corrected chi connectivity index (χ2v) is 7.61. The number of fused-ring (bicyclic) bond motifs is 1. The molecule has 0 aliphatic carbocycles. The zero-order chi connectivity index (χ0) is 24.8. The van der Waals surface area contributed by atoms with Crippen molar-refractivity contribution in [2.45, 2.75) is 13.3 Å². The molecule has 0 saturated carbocycles. The van der Waals surface area contributed by atoms with Gasteiger partial charge in [0.1, 0.15) is 23.5 Å². The van der Waals surface area contributed by atoms with Crippen molar-refractivity contribution in [3.8, 4) is 22.6 Å². The summed E-state index contributed by atoms with van der Waals surface area (Å²) >= 11 is 0. The molecule has 0 aliphatic rings. The van der Waals surface area contributed by atoms with Crippen molar-refractivity contribution in [2.75, 3.05) is 5.32 Å². The maximum atomic E-state index is 11.9. The van der Waals surface area contributed by atoms with Crippen LogP contribution in [0.15, 0.2) is 92.5 Å². The van der Waals surface area contributed by atoms with Crippen molar-refractivity contribution >= 4 is 22.8 Å². The average molecular weight is 467 g/mol. The summed E-state index contributed by atoms with van der Waals surface area (Å²) < 4.78 is 1.75. The van der Waals surface area contributed by atoms with Crippen molar-refractivity contribution in [3.63, 3.8) is 0 Å². The highest BCUT2D eigenvalue weighted by Gasteiger charge is 2.11. The number of aromatic nitrogens is 6. The molecule has 0 spiro atoms. The Hall–Kier alpha value is -4.79. The highest BCUT2D eigenvalue weighted by molar-refractivity contribution is 5.92. The number of hydrogen-bond donors (Lipinski definition) is 2. The Bertz CT molecular complexity index is 1430. The highest BCUT2D eigenvalue weighted by Crippen LogP contribution is 2.28. The third-order valence-electron chi connectivity index (χ3n) is 5.20. The van der Waals surface area contributed by atoms with Gasteiger partial charge in [-0.1, -0.05) is 26.2 Å². The number of H-pyrrole nitrogens is 1. The molecular formula is C26H26N8O. The molecule has 0 fully saturated rings. The first kappa shape index (κ1) is 23.4.